The number of rotatable bonds is 5. The van der Waals surface area contributed by atoms with E-state index in [1.165, 1.54) is 12.0 Å². The monoisotopic (exact) mass is 301 g/mol. The minimum absolute atomic E-state index is 0.314. The van der Waals surface area contributed by atoms with Gasteiger partial charge in [-0.05, 0) is 19.3 Å². The van der Waals surface area contributed by atoms with Gasteiger partial charge in [0.05, 0.1) is 13.5 Å². The number of carbonyl (C=O) groups excluding carboxylic acids is 3. The van der Waals surface area contributed by atoms with E-state index in [1.807, 2.05) is 0 Å². The summed E-state index contributed by atoms with van der Waals surface area (Å²) in [6, 6.07) is -2.89. The smallest absolute Gasteiger partial charge is 0.328 e. The summed E-state index contributed by atoms with van der Waals surface area (Å²) in [5.74, 6) is -2.76. The predicted octanol–water partition coefficient (Wildman–Crippen LogP) is -0.948. The zero-order chi connectivity index (χ0) is 16.0. The summed E-state index contributed by atoms with van der Waals surface area (Å²) in [4.78, 5) is 46.8. The molecule has 1 aliphatic rings. The van der Waals surface area contributed by atoms with Crippen LogP contribution >= 0.6 is 0 Å². The van der Waals surface area contributed by atoms with Crippen molar-refractivity contribution >= 4 is 23.9 Å². The number of nitrogens with one attached hydrogen (secondary N) is 1. The molecule has 9 nitrogen and oxygen atoms in total. The molecular formula is C12H19N3O6. The normalized spacial score (nSPS) is 19.5. The number of hydrogen-bond donors (Lipinski definition) is 3. The first kappa shape index (κ1) is 16.7. The lowest BCUT2D eigenvalue weighted by Gasteiger charge is -2.34. The Bertz CT molecular complexity index is 439. The van der Waals surface area contributed by atoms with E-state index in [0.29, 0.717) is 19.4 Å². The molecule has 1 unspecified atom stereocenters. The van der Waals surface area contributed by atoms with E-state index in [4.69, 9.17) is 10.8 Å². The lowest BCUT2D eigenvalue weighted by atomic mass is 10.0. The maximum atomic E-state index is 12.1. The van der Waals surface area contributed by atoms with Crippen LogP contribution in [0.15, 0.2) is 0 Å². The number of piperidine rings is 1. The third-order valence-corrected chi connectivity index (χ3v) is 3.24. The van der Waals surface area contributed by atoms with Crippen LogP contribution in [0.4, 0.5) is 4.79 Å². The maximum Gasteiger partial charge on any atom is 0.328 e. The van der Waals surface area contributed by atoms with Gasteiger partial charge in [0.15, 0.2) is 0 Å². The molecule has 3 amide bonds. The number of likely N-dealkylation sites (tertiary alicyclic amines) is 1. The predicted molar refractivity (Wildman–Crippen MR) is 70.1 cm³/mol. The van der Waals surface area contributed by atoms with Crippen LogP contribution in [-0.2, 0) is 19.1 Å². The molecule has 0 aromatic heterocycles. The number of urea groups is 1. The van der Waals surface area contributed by atoms with Gasteiger partial charge in [0.1, 0.15) is 12.1 Å². The highest BCUT2D eigenvalue weighted by Gasteiger charge is 2.34. The number of amides is 3. The number of ether oxygens (including phenoxy) is 1. The summed E-state index contributed by atoms with van der Waals surface area (Å²) in [6.45, 7) is 0.314. The Morgan fingerprint density at radius 2 is 2.05 bits per heavy atom. The van der Waals surface area contributed by atoms with Crippen LogP contribution in [0.1, 0.15) is 25.7 Å². The minimum atomic E-state index is -1.42. The average molecular weight is 301 g/mol. The molecule has 0 aliphatic carbocycles. The molecule has 0 aromatic rings. The first-order valence-corrected chi connectivity index (χ1v) is 6.53. The topological polar surface area (TPSA) is 139 Å². The average Bonchev–Trinajstić information content (AvgIpc) is 2.45. The van der Waals surface area contributed by atoms with Crippen LogP contribution in [0.2, 0.25) is 0 Å². The molecule has 1 fully saturated rings. The van der Waals surface area contributed by atoms with Gasteiger partial charge in [-0.1, -0.05) is 0 Å². The Balaban J connectivity index is 2.76. The molecular weight excluding hydrogens is 282 g/mol. The Hall–Kier alpha value is -2.32. The van der Waals surface area contributed by atoms with Crippen molar-refractivity contribution in [3.05, 3.63) is 0 Å². The van der Waals surface area contributed by atoms with Crippen LogP contribution in [0.5, 0.6) is 0 Å². The molecule has 21 heavy (non-hydrogen) atoms. The Morgan fingerprint density at radius 3 is 2.57 bits per heavy atom. The molecule has 2 atom stereocenters. The fraction of sp³-hybridized carbons (Fsp3) is 0.667. The van der Waals surface area contributed by atoms with E-state index in [-0.39, 0.29) is 0 Å². The Labute approximate surface area is 121 Å². The number of methoxy groups -OCH3 is 1. The van der Waals surface area contributed by atoms with Crippen LogP contribution in [0.3, 0.4) is 0 Å². The Kier molecular flexibility index (Phi) is 5.94. The fourth-order valence-electron chi connectivity index (χ4n) is 2.19. The number of hydrogen-bond acceptors (Lipinski definition) is 5. The van der Waals surface area contributed by atoms with Crippen molar-refractivity contribution in [2.24, 2.45) is 5.73 Å². The molecule has 118 valence electrons. The molecule has 0 radical (unpaired) electrons. The molecule has 0 bridgehead atoms. The van der Waals surface area contributed by atoms with Crippen molar-refractivity contribution < 1.29 is 29.0 Å². The van der Waals surface area contributed by atoms with E-state index >= 15 is 0 Å². The standard InChI is InChI=1S/C12H19N3O6/c1-21-11(19)8-4-2-3-5-15(8)12(20)14-7(10(17)18)6-9(13)16/h7-8H,2-6H2,1H3,(H2,13,16)(H,14,20)(H,17,18)/t7-,8?/m1/s1. The lowest BCUT2D eigenvalue weighted by molar-refractivity contribution is -0.147. The van der Waals surface area contributed by atoms with Gasteiger partial charge in [-0.25, -0.2) is 14.4 Å². The molecule has 1 saturated heterocycles. The van der Waals surface area contributed by atoms with Crippen LogP contribution in [-0.4, -0.2) is 59.6 Å². The fourth-order valence-corrected chi connectivity index (χ4v) is 2.19. The number of esters is 1. The van der Waals surface area contributed by atoms with E-state index < -0.39 is 42.4 Å². The van der Waals surface area contributed by atoms with Crippen molar-refractivity contribution in [1.82, 2.24) is 10.2 Å². The van der Waals surface area contributed by atoms with Gasteiger partial charge in [-0.2, -0.15) is 0 Å². The molecule has 1 aliphatic heterocycles. The number of primary amides is 1. The quantitative estimate of drug-likeness (QED) is 0.560. The number of nitrogens with two attached hydrogens (primary N) is 1. The molecule has 1 rings (SSSR count). The summed E-state index contributed by atoms with van der Waals surface area (Å²) >= 11 is 0. The SMILES string of the molecule is COC(=O)C1CCCCN1C(=O)N[C@H](CC(N)=O)C(=O)O. The summed E-state index contributed by atoms with van der Waals surface area (Å²) in [6.07, 6.45) is 1.41. The van der Waals surface area contributed by atoms with Crippen molar-refractivity contribution in [2.75, 3.05) is 13.7 Å². The Morgan fingerprint density at radius 1 is 1.38 bits per heavy atom. The number of aliphatic carboxylic acids is 1. The van der Waals surface area contributed by atoms with Crippen molar-refractivity contribution in [1.29, 1.82) is 0 Å². The van der Waals surface area contributed by atoms with Gasteiger partial charge in [0.25, 0.3) is 0 Å². The molecule has 1 heterocycles. The number of carboxylic acid groups (broad SMARTS) is 1. The van der Waals surface area contributed by atoms with Crippen LogP contribution in [0.25, 0.3) is 0 Å². The second-order valence-electron chi connectivity index (χ2n) is 4.74. The summed E-state index contributed by atoms with van der Waals surface area (Å²) < 4.78 is 4.64. The molecule has 0 aromatic carbocycles. The molecule has 0 spiro atoms. The molecule has 0 saturated carbocycles. The zero-order valence-corrected chi connectivity index (χ0v) is 11.7. The summed E-state index contributed by atoms with van der Waals surface area (Å²) in [5, 5.41) is 11.2. The number of carboxylic acids is 1. The van der Waals surface area contributed by atoms with Gasteiger partial charge in [0, 0.05) is 6.54 Å². The third-order valence-electron chi connectivity index (χ3n) is 3.24. The lowest BCUT2D eigenvalue weighted by Crippen LogP contribution is -2.55. The molecule has 4 N–H and O–H groups in total. The highest BCUT2D eigenvalue weighted by molar-refractivity contribution is 5.89. The van der Waals surface area contributed by atoms with Gasteiger partial charge >= 0.3 is 18.0 Å². The van der Waals surface area contributed by atoms with Gasteiger partial charge < -0.3 is 25.8 Å². The van der Waals surface area contributed by atoms with Crippen molar-refractivity contribution in [2.45, 2.75) is 37.8 Å². The largest absolute Gasteiger partial charge is 0.480 e. The molecule has 9 heteroatoms. The minimum Gasteiger partial charge on any atom is -0.480 e. The highest BCUT2D eigenvalue weighted by atomic mass is 16.5. The van der Waals surface area contributed by atoms with Gasteiger partial charge in [0.2, 0.25) is 5.91 Å². The zero-order valence-electron chi connectivity index (χ0n) is 11.7. The highest BCUT2D eigenvalue weighted by Crippen LogP contribution is 2.18. The summed E-state index contributed by atoms with van der Waals surface area (Å²) in [7, 11) is 1.22. The van der Waals surface area contributed by atoms with E-state index in [2.05, 4.69) is 10.1 Å². The maximum absolute atomic E-state index is 12.1. The van der Waals surface area contributed by atoms with Crippen molar-refractivity contribution in [3.63, 3.8) is 0 Å². The van der Waals surface area contributed by atoms with E-state index in [9.17, 15) is 19.2 Å². The summed E-state index contributed by atoms with van der Waals surface area (Å²) in [5.41, 5.74) is 4.94. The third kappa shape index (κ3) is 4.62. The van der Waals surface area contributed by atoms with Crippen molar-refractivity contribution in [3.8, 4) is 0 Å². The second-order valence-corrected chi connectivity index (χ2v) is 4.74. The first-order valence-electron chi connectivity index (χ1n) is 6.53. The first-order chi connectivity index (χ1) is 9.86. The van der Waals surface area contributed by atoms with Crippen LogP contribution < -0.4 is 11.1 Å². The van der Waals surface area contributed by atoms with Gasteiger partial charge in [-0.15, -0.1) is 0 Å². The van der Waals surface area contributed by atoms with Gasteiger partial charge in [-0.3, -0.25) is 4.79 Å². The van der Waals surface area contributed by atoms with E-state index in [0.717, 1.165) is 6.42 Å². The second kappa shape index (κ2) is 7.46. The van der Waals surface area contributed by atoms with E-state index in [1.54, 1.807) is 0 Å². The number of nitrogens with zero attached hydrogens (tertiary/aromatic N) is 1. The van der Waals surface area contributed by atoms with Crippen LogP contribution in [0, 0.1) is 0 Å². The number of carbonyl (C=O) groups is 4.